The topological polar surface area (TPSA) is 23.5 Å². The summed E-state index contributed by atoms with van der Waals surface area (Å²) in [5, 5.41) is 10.8. The SMILES string of the molecule is CC(C)CCN(C)Cc1cc(C#CCCO)cs1. The number of hydrogen-bond acceptors (Lipinski definition) is 3. The van der Waals surface area contributed by atoms with Crippen LogP contribution in [0.2, 0.25) is 0 Å². The lowest BCUT2D eigenvalue weighted by Crippen LogP contribution is -2.19. The first-order valence-electron chi connectivity index (χ1n) is 6.47. The van der Waals surface area contributed by atoms with Gasteiger partial charge in [0.25, 0.3) is 0 Å². The lowest BCUT2D eigenvalue weighted by Gasteiger charge is -2.16. The number of hydrogen-bond donors (Lipinski definition) is 1. The molecule has 0 aliphatic rings. The van der Waals surface area contributed by atoms with Crippen LogP contribution < -0.4 is 0 Å². The molecule has 1 heterocycles. The van der Waals surface area contributed by atoms with E-state index < -0.39 is 0 Å². The highest BCUT2D eigenvalue weighted by Gasteiger charge is 2.04. The Hall–Kier alpha value is -0.820. The van der Waals surface area contributed by atoms with Gasteiger partial charge in [-0.3, -0.25) is 0 Å². The third kappa shape index (κ3) is 6.20. The van der Waals surface area contributed by atoms with Crippen LogP contribution in [0.4, 0.5) is 0 Å². The molecule has 0 aliphatic heterocycles. The standard InChI is InChI=1S/C15H23NOS/c1-13(2)7-8-16(3)11-15-10-14(12-18-15)6-4-5-9-17/h10,12-13,17H,5,7-9,11H2,1-3H3. The second kappa shape index (κ2) is 8.31. The van der Waals surface area contributed by atoms with E-state index in [0.717, 1.165) is 24.6 Å². The molecule has 1 rings (SSSR count). The molecule has 2 nitrogen and oxygen atoms in total. The third-order valence-electron chi connectivity index (χ3n) is 2.64. The maximum atomic E-state index is 8.67. The van der Waals surface area contributed by atoms with Gasteiger partial charge in [0.2, 0.25) is 0 Å². The summed E-state index contributed by atoms with van der Waals surface area (Å²) in [4.78, 5) is 3.71. The van der Waals surface area contributed by atoms with E-state index in [2.05, 4.69) is 49.1 Å². The number of thiophene rings is 1. The van der Waals surface area contributed by atoms with Crippen LogP contribution in [0, 0.1) is 17.8 Å². The molecular formula is C15H23NOS. The zero-order valence-electron chi connectivity index (χ0n) is 11.6. The van der Waals surface area contributed by atoms with E-state index in [1.54, 1.807) is 11.3 Å². The lowest BCUT2D eigenvalue weighted by atomic mass is 10.1. The first-order chi connectivity index (χ1) is 8.61. The van der Waals surface area contributed by atoms with E-state index in [-0.39, 0.29) is 6.61 Å². The summed E-state index contributed by atoms with van der Waals surface area (Å²) in [6, 6.07) is 2.15. The van der Waals surface area contributed by atoms with Crippen molar-refractivity contribution in [3.63, 3.8) is 0 Å². The lowest BCUT2D eigenvalue weighted by molar-refractivity contribution is 0.305. The van der Waals surface area contributed by atoms with Crippen molar-refractivity contribution in [2.45, 2.75) is 33.2 Å². The van der Waals surface area contributed by atoms with E-state index in [1.165, 1.54) is 11.3 Å². The highest BCUT2D eigenvalue weighted by molar-refractivity contribution is 7.10. The summed E-state index contributed by atoms with van der Waals surface area (Å²) in [5.74, 6) is 6.78. The molecule has 18 heavy (non-hydrogen) atoms. The Bertz CT molecular complexity index is 400. The maximum absolute atomic E-state index is 8.67. The predicted octanol–water partition coefficient (Wildman–Crippen LogP) is 2.96. The Kier molecular flexibility index (Phi) is 7.04. The molecular weight excluding hydrogens is 242 g/mol. The first kappa shape index (κ1) is 15.2. The average Bonchev–Trinajstić information content (AvgIpc) is 2.74. The van der Waals surface area contributed by atoms with Gasteiger partial charge in [-0.2, -0.15) is 0 Å². The Labute approximate surface area is 115 Å². The molecule has 0 unspecified atom stereocenters. The Morgan fingerprint density at radius 1 is 1.44 bits per heavy atom. The summed E-state index contributed by atoms with van der Waals surface area (Å²) in [7, 11) is 2.17. The fraction of sp³-hybridized carbons (Fsp3) is 0.600. The number of aliphatic hydroxyl groups excluding tert-OH is 1. The second-order valence-corrected chi connectivity index (χ2v) is 5.99. The molecule has 0 saturated heterocycles. The van der Waals surface area contributed by atoms with Crippen LogP contribution in [0.15, 0.2) is 11.4 Å². The second-order valence-electron chi connectivity index (χ2n) is 5.00. The molecule has 100 valence electrons. The number of nitrogens with zero attached hydrogens (tertiary/aromatic N) is 1. The minimum absolute atomic E-state index is 0.141. The molecule has 0 atom stereocenters. The molecule has 1 N–H and O–H groups in total. The van der Waals surface area contributed by atoms with Gasteiger partial charge in [-0.25, -0.2) is 0 Å². The molecule has 0 bridgehead atoms. The first-order valence-corrected chi connectivity index (χ1v) is 7.35. The fourth-order valence-electron chi connectivity index (χ4n) is 1.57. The molecule has 1 aromatic rings. The highest BCUT2D eigenvalue weighted by Crippen LogP contribution is 2.16. The van der Waals surface area contributed by atoms with Crippen LogP contribution in [0.5, 0.6) is 0 Å². The van der Waals surface area contributed by atoms with Gasteiger partial charge in [0.1, 0.15) is 0 Å². The molecule has 0 amide bonds. The van der Waals surface area contributed by atoms with E-state index in [4.69, 9.17) is 5.11 Å². The minimum atomic E-state index is 0.141. The molecule has 3 heteroatoms. The molecule has 0 saturated carbocycles. The van der Waals surface area contributed by atoms with Gasteiger partial charge in [-0.05, 0) is 32.0 Å². The van der Waals surface area contributed by atoms with Gasteiger partial charge in [0.05, 0.1) is 6.61 Å². The van der Waals surface area contributed by atoms with Crippen LogP contribution in [0.1, 0.15) is 37.1 Å². The van der Waals surface area contributed by atoms with E-state index in [1.807, 2.05) is 0 Å². The van der Waals surface area contributed by atoms with Crippen molar-refractivity contribution in [2.24, 2.45) is 5.92 Å². The minimum Gasteiger partial charge on any atom is -0.395 e. The fourth-order valence-corrected chi connectivity index (χ4v) is 2.47. The van der Waals surface area contributed by atoms with E-state index >= 15 is 0 Å². The largest absolute Gasteiger partial charge is 0.395 e. The quantitative estimate of drug-likeness (QED) is 0.799. The van der Waals surface area contributed by atoms with E-state index in [0.29, 0.717) is 6.42 Å². The smallest absolute Gasteiger partial charge is 0.0540 e. The summed E-state index contributed by atoms with van der Waals surface area (Å²) in [6.45, 7) is 6.80. The maximum Gasteiger partial charge on any atom is 0.0540 e. The van der Waals surface area contributed by atoms with Crippen LogP contribution in [-0.4, -0.2) is 30.2 Å². The van der Waals surface area contributed by atoms with Crippen molar-refractivity contribution < 1.29 is 5.11 Å². The van der Waals surface area contributed by atoms with Crippen molar-refractivity contribution in [1.82, 2.24) is 4.90 Å². The highest BCUT2D eigenvalue weighted by atomic mass is 32.1. The van der Waals surface area contributed by atoms with Gasteiger partial charge in [0, 0.05) is 28.8 Å². The van der Waals surface area contributed by atoms with Crippen molar-refractivity contribution in [2.75, 3.05) is 20.2 Å². The van der Waals surface area contributed by atoms with Gasteiger partial charge < -0.3 is 10.0 Å². The predicted molar refractivity (Wildman–Crippen MR) is 78.7 cm³/mol. The molecule has 1 aromatic heterocycles. The Balaban J connectivity index is 2.41. The normalized spacial score (nSPS) is 10.8. The molecule has 0 radical (unpaired) electrons. The Morgan fingerprint density at radius 2 is 2.22 bits per heavy atom. The molecule has 0 aliphatic carbocycles. The van der Waals surface area contributed by atoms with Crippen LogP contribution in [0.3, 0.4) is 0 Å². The van der Waals surface area contributed by atoms with Crippen molar-refractivity contribution in [3.05, 3.63) is 21.9 Å². The van der Waals surface area contributed by atoms with Gasteiger partial charge >= 0.3 is 0 Å². The van der Waals surface area contributed by atoms with Gasteiger partial charge in [0.15, 0.2) is 0 Å². The van der Waals surface area contributed by atoms with Crippen molar-refractivity contribution in [1.29, 1.82) is 0 Å². The number of aliphatic hydroxyl groups is 1. The third-order valence-corrected chi connectivity index (χ3v) is 3.56. The number of rotatable bonds is 6. The summed E-state index contributed by atoms with van der Waals surface area (Å²) >= 11 is 1.76. The Morgan fingerprint density at radius 3 is 2.89 bits per heavy atom. The van der Waals surface area contributed by atoms with Gasteiger partial charge in [-0.1, -0.05) is 25.7 Å². The zero-order chi connectivity index (χ0) is 13.4. The van der Waals surface area contributed by atoms with Crippen molar-refractivity contribution >= 4 is 11.3 Å². The molecule has 0 aromatic carbocycles. The van der Waals surface area contributed by atoms with E-state index in [9.17, 15) is 0 Å². The van der Waals surface area contributed by atoms with Crippen molar-refractivity contribution in [3.8, 4) is 11.8 Å². The summed E-state index contributed by atoms with van der Waals surface area (Å²) < 4.78 is 0. The summed E-state index contributed by atoms with van der Waals surface area (Å²) in [5.41, 5.74) is 1.07. The molecule has 0 spiro atoms. The average molecular weight is 265 g/mol. The van der Waals surface area contributed by atoms with Crippen LogP contribution in [0.25, 0.3) is 0 Å². The molecule has 0 fully saturated rings. The van der Waals surface area contributed by atoms with Crippen LogP contribution in [-0.2, 0) is 6.54 Å². The monoisotopic (exact) mass is 265 g/mol. The summed E-state index contributed by atoms with van der Waals surface area (Å²) in [6.07, 6.45) is 1.80. The van der Waals surface area contributed by atoms with Gasteiger partial charge in [-0.15, -0.1) is 11.3 Å². The van der Waals surface area contributed by atoms with Crippen LogP contribution >= 0.6 is 11.3 Å². The zero-order valence-corrected chi connectivity index (χ0v) is 12.4.